The quantitative estimate of drug-likeness (QED) is 0.179. The van der Waals surface area contributed by atoms with Crippen LogP contribution in [0.25, 0.3) is 0 Å². The maximum absolute atomic E-state index is 12.3. The van der Waals surface area contributed by atoms with Gasteiger partial charge in [-0.15, -0.1) is 0 Å². The SMILES string of the molecule is C=C(C)[C@@H]1[C@H]2OC(=O)[C@@H]1[C@]1(O)C[C@H]3O[C@]34C(=O)O[C@H]2[C@]14C.NC[C@H](O)c1ccc(O)c(O)c1. The van der Waals surface area contributed by atoms with Crippen LogP contribution in [-0.2, 0) is 23.8 Å². The molecule has 1 aromatic carbocycles. The first kappa shape index (κ1) is 22.1. The van der Waals surface area contributed by atoms with Gasteiger partial charge in [0, 0.05) is 18.9 Å². The zero-order chi connectivity index (χ0) is 24.1. The van der Waals surface area contributed by atoms with Gasteiger partial charge in [0.1, 0.15) is 12.2 Å². The number of aliphatic hydroxyl groups excluding tert-OH is 1. The predicted molar refractivity (Wildman–Crippen MR) is 111 cm³/mol. The monoisotopic (exact) mass is 461 g/mol. The molecule has 1 aromatic rings. The summed E-state index contributed by atoms with van der Waals surface area (Å²) in [5.41, 5.74) is 3.09. The number of phenolic OH excluding ortho intramolecular Hbond substituents is 2. The van der Waals surface area contributed by atoms with Crippen LogP contribution in [0.3, 0.4) is 0 Å². The van der Waals surface area contributed by atoms with Crippen molar-refractivity contribution in [3.8, 4) is 11.5 Å². The average Bonchev–Trinajstić information content (AvgIpc) is 3.23. The molecule has 178 valence electrons. The van der Waals surface area contributed by atoms with Crippen LogP contribution in [0.5, 0.6) is 11.5 Å². The van der Waals surface area contributed by atoms with Crippen LogP contribution in [0.4, 0.5) is 0 Å². The van der Waals surface area contributed by atoms with Crippen LogP contribution in [0.1, 0.15) is 31.9 Å². The summed E-state index contributed by atoms with van der Waals surface area (Å²) in [5, 5.41) is 38.6. The number of hydrogen-bond acceptors (Lipinski definition) is 10. The molecular formula is C23H27NO9. The molecule has 1 spiro atoms. The molecule has 10 heteroatoms. The highest BCUT2D eigenvalue weighted by Gasteiger charge is 2.95. The minimum absolute atomic E-state index is 0.0875. The molecule has 0 amide bonds. The van der Waals surface area contributed by atoms with E-state index >= 15 is 0 Å². The molecule has 33 heavy (non-hydrogen) atoms. The van der Waals surface area contributed by atoms with Crippen LogP contribution in [-0.4, -0.2) is 68.4 Å². The Morgan fingerprint density at radius 1 is 1.27 bits per heavy atom. The second kappa shape index (κ2) is 6.69. The van der Waals surface area contributed by atoms with Gasteiger partial charge in [0.25, 0.3) is 0 Å². The Morgan fingerprint density at radius 3 is 2.58 bits per heavy atom. The highest BCUT2D eigenvalue weighted by Crippen LogP contribution is 2.76. The highest BCUT2D eigenvalue weighted by atomic mass is 16.7. The zero-order valence-electron chi connectivity index (χ0n) is 18.2. The van der Waals surface area contributed by atoms with Crippen molar-refractivity contribution in [3.05, 3.63) is 35.9 Å². The van der Waals surface area contributed by atoms with Crippen molar-refractivity contribution in [1.82, 2.24) is 0 Å². The molecule has 2 saturated carbocycles. The molecule has 9 atom stereocenters. The van der Waals surface area contributed by atoms with Crippen molar-refractivity contribution in [3.63, 3.8) is 0 Å². The van der Waals surface area contributed by atoms with Crippen molar-refractivity contribution in [1.29, 1.82) is 0 Å². The number of aromatic hydroxyl groups is 2. The Bertz CT molecular complexity index is 1070. The number of nitrogens with two attached hydrogens (primary N) is 1. The molecule has 6 N–H and O–H groups in total. The number of ether oxygens (including phenoxy) is 3. The first-order valence-corrected chi connectivity index (χ1v) is 10.8. The summed E-state index contributed by atoms with van der Waals surface area (Å²) in [6.07, 6.45) is -2.13. The lowest BCUT2D eigenvalue weighted by molar-refractivity contribution is -0.195. The summed E-state index contributed by atoms with van der Waals surface area (Å²) in [5.74, 6) is -2.31. The van der Waals surface area contributed by atoms with E-state index in [-0.39, 0.29) is 36.5 Å². The second-order valence-corrected chi connectivity index (χ2v) is 9.75. The van der Waals surface area contributed by atoms with Gasteiger partial charge in [-0.05, 0) is 31.5 Å². The van der Waals surface area contributed by atoms with Gasteiger partial charge in [0.05, 0.1) is 23.0 Å². The van der Waals surface area contributed by atoms with E-state index in [1.54, 1.807) is 6.92 Å². The number of hydrogen-bond donors (Lipinski definition) is 5. The van der Waals surface area contributed by atoms with Crippen molar-refractivity contribution in [2.24, 2.45) is 23.0 Å². The lowest BCUT2D eigenvalue weighted by Crippen LogP contribution is -2.66. The third kappa shape index (κ3) is 2.46. The number of carbonyl (C=O) groups excluding carboxylic acids is 2. The number of fused-ring (bicyclic) bond motifs is 4. The summed E-state index contributed by atoms with van der Waals surface area (Å²) in [7, 11) is 0. The van der Waals surface area contributed by atoms with E-state index in [1.807, 2.05) is 6.92 Å². The summed E-state index contributed by atoms with van der Waals surface area (Å²) in [6.45, 7) is 7.64. The van der Waals surface area contributed by atoms with Gasteiger partial charge in [-0.25, -0.2) is 4.79 Å². The molecular weight excluding hydrogens is 434 g/mol. The molecule has 3 aliphatic heterocycles. The van der Waals surface area contributed by atoms with Gasteiger partial charge in [-0.1, -0.05) is 18.2 Å². The molecule has 10 nitrogen and oxygen atoms in total. The molecule has 3 heterocycles. The van der Waals surface area contributed by atoms with Gasteiger partial charge in [-0.3, -0.25) is 4.79 Å². The molecule has 2 aliphatic carbocycles. The van der Waals surface area contributed by atoms with E-state index in [2.05, 4.69) is 6.58 Å². The molecule has 5 aliphatic rings. The highest BCUT2D eigenvalue weighted by molar-refractivity contribution is 5.91. The molecule has 0 radical (unpaired) electrons. The number of aliphatic hydroxyl groups is 2. The maximum Gasteiger partial charge on any atom is 0.342 e. The van der Waals surface area contributed by atoms with Crippen molar-refractivity contribution in [2.75, 3.05) is 6.54 Å². The number of rotatable bonds is 3. The Labute approximate surface area is 189 Å². The fraction of sp³-hybridized carbons (Fsp3) is 0.565. The van der Waals surface area contributed by atoms with Crippen LogP contribution in [0.2, 0.25) is 0 Å². The first-order valence-electron chi connectivity index (χ1n) is 10.8. The number of phenols is 2. The number of benzene rings is 1. The Hall–Kier alpha value is -2.66. The summed E-state index contributed by atoms with van der Waals surface area (Å²) < 4.78 is 16.6. The van der Waals surface area contributed by atoms with Crippen molar-refractivity contribution >= 4 is 11.9 Å². The van der Waals surface area contributed by atoms with E-state index in [9.17, 15) is 19.8 Å². The number of epoxide rings is 1. The number of carbonyl (C=O) groups is 2. The second-order valence-electron chi connectivity index (χ2n) is 9.75. The first-order chi connectivity index (χ1) is 15.4. The smallest absolute Gasteiger partial charge is 0.342 e. The Balaban J connectivity index is 0.000000164. The van der Waals surface area contributed by atoms with Crippen LogP contribution < -0.4 is 5.73 Å². The van der Waals surface area contributed by atoms with E-state index < -0.39 is 52.8 Å². The van der Waals surface area contributed by atoms with Gasteiger partial charge in [0.15, 0.2) is 17.6 Å². The van der Waals surface area contributed by atoms with E-state index in [1.165, 1.54) is 18.2 Å². The van der Waals surface area contributed by atoms with Gasteiger partial charge in [0.2, 0.25) is 5.60 Å². The van der Waals surface area contributed by atoms with Crippen LogP contribution >= 0.6 is 0 Å². The van der Waals surface area contributed by atoms with Gasteiger partial charge < -0.3 is 40.4 Å². The standard InChI is InChI=1S/C15H16O6.C8H11NO3/c1-5(2)7-8-11(16)19-9(7)10-13(3)14(8,18)4-6-15(13,21-6)12(17)20-10;9-4-8(12)5-1-2-6(10)7(11)3-5/h6-10,18H,1,4H2,2-3H3;1-3,8,10-12H,4,9H2/t6-,7+,8-,9-,10-,13-,14-,15+;8-/m10/s1. The van der Waals surface area contributed by atoms with Crippen molar-refractivity contribution in [2.45, 2.75) is 55.9 Å². The molecule has 0 unspecified atom stereocenters. The molecule has 5 fully saturated rings. The summed E-state index contributed by atoms with van der Waals surface area (Å²) in [6, 6.07) is 4.10. The van der Waals surface area contributed by atoms with Crippen LogP contribution in [0, 0.1) is 17.3 Å². The molecule has 6 rings (SSSR count). The van der Waals surface area contributed by atoms with Gasteiger partial charge in [-0.2, -0.15) is 0 Å². The minimum atomic E-state index is -1.35. The van der Waals surface area contributed by atoms with E-state index in [4.69, 9.17) is 30.2 Å². The predicted octanol–water partition coefficient (Wildman–Crippen LogP) is 0.0279. The fourth-order valence-corrected chi connectivity index (χ4v) is 6.47. The van der Waals surface area contributed by atoms with Crippen molar-refractivity contribution < 1.29 is 44.2 Å². The number of esters is 2. The van der Waals surface area contributed by atoms with E-state index in [0.717, 1.165) is 5.57 Å². The lowest BCUT2D eigenvalue weighted by atomic mass is 9.53. The molecule has 3 saturated heterocycles. The lowest BCUT2D eigenvalue weighted by Gasteiger charge is -2.51. The molecule has 0 aromatic heterocycles. The summed E-state index contributed by atoms with van der Waals surface area (Å²) >= 11 is 0. The fourth-order valence-electron chi connectivity index (χ4n) is 6.47. The minimum Gasteiger partial charge on any atom is -0.504 e. The van der Waals surface area contributed by atoms with Crippen LogP contribution in [0.15, 0.2) is 30.4 Å². The molecule has 2 bridgehead atoms. The van der Waals surface area contributed by atoms with E-state index in [0.29, 0.717) is 5.56 Å². The Morgan fingerprint density at radius 2 is 1.97 bits per heavy atom. The third-order valence-electron chi connectivity index (χ3n) is 8.21. The Kier molecular flexibility index (Phi) is 4.49. The topological polar surface area (TPSA) is 172 Å². The third-order valence-corrected chi connectivity index (χ3v) is 8.21. The zero-order valence-corrected chi connectivity index (χ0v) is 18.2. The summed E-state index contributed by atoms with van der Waals surface area (Å²) in [4.78, 5) is 24.7. The average molecular weight is 461 g/mol. The normalized spacial score (nSPS) is 44.1. The van der Waals surface area contributed by atoms with Gasteiger partial charge >= 0.3 is 11.9 Å². The maximum atomic E-state index is 12.3. The largest absolute Gasteiger partial charge is 0.504 e.